The molecule has 2 nitrogen and oxygen atoms in total. The molecule has 0 saturated carbocycles. The second kappa shape index (κ2) is 4.43. The summed E-state index contributed by atoms with van der Waals surface area (Å²) in [5, 5.41) is 2.12. The molecule has 0 aromatic heterocycles. The molecule has 1 N–H and O–H groups in total. The lowest BCUT2D eigenvalue weighted by Crippen LogP contribution is -2.16. The van der Waals surface area contributed by atoms with Crippen LogP contribution in [0.15, 0.2) is 0 Å². The minimum Gasteiger partial charge on any atom is -0.358 e. The highest BCUT2D eigenvalue weighted by atomic mass is 32.2. The first-order chi connectivity index (χ1) is 4.56. The van der Waals surface area contributed by atoms with Crippen molar-refractivity contribution in [1.29, 1.82) is 0 Å². The number of hydrogen-bond acceptors (Lipinski definition) is 2. The van der Waals surface area contributed by atoms with Crippen molar-refractivity contribution in [3.8, 4) is 0 Å². The number of nitrogens with one attached hydrogen (secondary N) is 1. The zero-order valence-electron chi connectivity index (χ0n) is 4.94. The fourth-order valence-corrected chi connectivity index (χ4v) is 0.736. The Morgan fingerprint density at radius 1 is 1.50 bits per heavy atom. The highest BCUT2D eigenvalue weighted by molar-refractivity contribution is 8.00. The monoisotopic (exact) mass is 173 g/mol. The molecule has 0 aliphatic rings. The summed E-state index contributed by atoms with van der Waals surface area (Å²) in [6.07, 6.45) is 0.372. The van der Waals surface area contributed by atoms with Crippen molar-refractivity contribution in [2.75, 3.05) is 12.3 Å². The summed E-state index contributed by atoms with van der Waals surface area (Å²) >= 11 is -0.148. The SMILES string of the molecule is O=CNCCSC(F)(F)F. The summed E-state index contributed by atoms with van der Waals surface area (Å²) in [6, 6.07) is 0. The number of halogens is 3. The summed E-state index contributed by atoms with van der Waals surface area (Å²) in [4.78, 5) is 9.53. The lowest BCUT2D eigenvalue weighted by molar-refractivity contribution is -0.109. The highest BCUT2D eigenvalue weighted by Gasteiger charge is 2.27. The first-order valence-corrected chi connectivity index (χ1v) is 3.42. The molecule has 0 saturated heterocycles. The van der Waals surface area contributed by atoms with Crippen LogP contribution in [-0.4, -0.2) is 24.2 Å². The van der Waals surface area contributed by atoms with E-state index in [2.05, 4.69) is 5.32 Å². The molecule has 10 heavy (non-hydrogen) atoms. The van der Waals surface area contributed by atoms with Crippen molar-refractivity contribution in [3.05, 3.63) is 0 Å². The Balaban J connectivity index is 3.12. The van der Waals surface area contributed by atoms with E-state index in [1.54, 1.807) is 0 Å². The fourth-order valence-electron chi connectivity index (χ4n) is 0.285. The molecule has 6 heteroatoms. The van der Waals surface area contributed by atoms with Gasteiger partial charge in [0.2, 0.25) is 6.41 Å². The molecule has 0 aromatic carbocycles. The first-order valence-electron chi connectivity index (χ1n) is 2.44. The zero-order chi connectivity index (χ0) is 8.04. The second-order valence-electron chi connectivity index (χ2n) is 1.37. The van der Waals surface area contributed by atoms with Crippen molar-refractivity contribution in [3.63, 3.8) is 0 Å². The summed E-state index contributed by atoms with van der Waals surface area (Å²) in [6.45, 7) is 0.0493. The average molecular weight is 173 g/mol. The van der Waals surface area contributed by atoms with E-state index in [1.807, 2.05) is 0 Å². The Morgan fingerprint density at radius 3 is 2.50 bits per heavy atom. The molecule has 0 aliphatic carbocycles. The van der Waals surface area contributed by atoms with E-state index in [9.17, 15) is 18.0 Å². The molecule has 0 radical (unpaired) electrons. The Morgan fingerprint density at radius 2 is 2.10 bits per heavy atom. The Kier molecular flexibility index (Phi) is 4.26. The van der Waals surface area contributed by atoms with E-state index in [-0.39, 0.29) is 24.1 Å². The molecule has 0 heterocycles. The van der Waals surface area contributed by atoms with Gasteiger partial charge in [-0.3, -0.25) is 4.79 Å². The van der Waals surface area contributed by atoms with Crippen LogP contribution in [-0.2, 0) is 4.79 Å². The Labute approximate surface area is 60.2 Å². The molecule has 0 fully saturated rings. The third kappa shape index (κ3) is 7.61. The number of alkyl halides is 3. The maximum Gasteiger partial charge on any atom is 0.441 e. The second-order valence-corrected chi connectivity index (χ2v) is 2.53. The van der Waals surface area contributed by atoms with Gasteiger partial charge in [0.15, 0.2) is 0 Å². The number of rotatable bonds is 4. The van der Waals surface area contributed by atoms with Gasteiger partial charge >= 0.3 is 5.51 Å². The van der Waals surface area contributed by atoms with Gasteiger partial charge in [-0.05, 0) is 11.8 Å². The smallest absolute Gasteiger partial charge is 0.358 e. The predicted octanol–water partition coefficient (Wildman–Crippen LogP) is 0.985. The van der Waals surface area contributed by atoms with Crippen molar-refractivity contribution in [1.82, 2.24) is 5.32 Å². The normalized spacial score (nSPS) is 11.1. The van der Waals surface area contributed by atoms with Crippen molar-refractivity contribution >= 4 is 18.2 Å². The summed E-state index contributed by atoms with van der Waals surface area (Å²) in [5.41, 5.74) is -4.19. The predicted molar refractivity (Wildman–Crippen MR) is 32.6 cm³/mol. The van der Waals surface area contributed by atoms with Gasteiger partial charge in [-0.15, -0.1) is 0 Å². The molecular formula is C4H6F3NOS. The molecule has 0 bridgehead atoms. The van der Waals surface area contributed by atoms with E-state index in [0.717, 1.165) is 0 Å². The third-order valence-corrected chi connectivity index (χ3v) is 1.33. The van der Waals surface area contributed by atoms with Gasteiger partial charge in [0.25, 0.3) is 0 Å². The summed E-state index contributed by atoms with van der Waals surface area (Å²) < 4.78 is 34.0. The average Bonchev–Trinajstić information content (AvgIpc) is 1.78. The molecular weight excluding hydrogens is 167 g/mol. The van der Waals surface area contributed by atoms with Crippen LogP contribution in [0.3, 0.4) is 0 Å². The van der Waals surface area contributed by atoms with Gasteiger partial charge in [0.1, 0.15) is 0 Å². The number of carbonyl (C=O) groups is 1. The molecule has 0 rings (SSSR count). The number of hydrogen-bond donors (Lipinski definition) is 1. The number of carbonyl (C=O) groups excluding carboxylic acids is 1. The maximum atomic E-state index is 11.3. The molecule has 0 aliphatic heterocycles. The standard InChI is InChI=1S/C4H6F3NOS/c5-4(6,7)10-2-1-8-3-9/h3H,1-2H2,(H,8,9). The van der Waals surface area contributed by atoms with Gasteiger partial charge in [-0.2, -0.15) is 13.2 Å². The third-order valence-electron chi connectivity index (χ3n) is 0.595. The van der Waals surface area contributed by atoms with Crippen LogP contribution < -0.4 is 5.32 Å². The molecule has 0 atom stereocenters. The van der Waals surface area contributed by atoms with Crippen molar-refractivity contribution in [2.24, 2.45) is 0 Å². The van der Waals surface area contributed by atoms with Crippen LogP contribution >= 0.6 is 11.8 Å². The minimum absolute atomic E-state index is 0.0493. The Hall–Kier alpha value is -0.390. The largest absolute Gasteiger partial charge is 0.441 e. The number of amides is 1. The minimum atomic E-state index is -4.19. The van der Waals surface area contributed by atoms with Gasteiger partial charge in [-0.25, -0.2) is 0 Å². The van der Waals surface area contributed by atoms with E-state index in [0.29, 0.717) is 6.41 Å². The summed E-state index contributed by atoms with van der Waals surface area (Å²) in [7, 11) is 0. The Bertz CT molecular complexity index is 105. The molecule has 0 spiro atoms. The first kappa shape index (κ1) is 9.61. The topological polar surface area (TPSA) is 29.1 Å². The fraction of sp³-hybridized carbons (Fsp3) is 0.750. The number of thioether (sulfide) groups is 1. The molecule has 0 aromatic rings. The van der Waals surface area contributed by atoms with Crippen molar-refractivity contribution < 1.29 is 18.0 Å². The van der Waals surface area contributed by atoms with Crippen LogP contribution in [0, 0.1) is 0 Å². The van der Waals surface area contributed by atoms with E-state index >= 15 is 0 Å². The van der Waals surface area contributed by atoms with E-state index < -0.39 is 5.51 Å². The van der Waals surface area contributed by atoms with Crippen LogP contribution in [0.4, 0.5) is 13.2 Å². The van der Waals surface area contributed by atoms with Crippen molar-refractivity contribution in [2.45, 2.75) is 5.51 Å². The van der Waals surface area contributed by atoms with Gasteiger partial charge in [-0.1, -0.05) is 0 Å². The van der Waals surface area contributed by atoms with Crippen LogP contribution in [0.5, 0.6) is 0 Å². The van der Waals surface area contributed by atoms with Crippen LogP contribution in [0.1, 0.15) is 0 Å². The lowest BCUT2D eigenvalue weighted by atomic mass is 10.8. The van der Waals surface area contributed by atoms with Crippen LogP contribution in [0.2, 0.25) is 0 Å². The van der Waals surface area contributed by atoms with Gasteiger partial charge in [0.05, 0.1) is 0 Å². The van der Waals surface area contributed by atoms with Gasteiger partial charge in [0, 0.05) is 12.3 Å². The van der Waals surface area contributed by atoms with Gasteiger partial charge < -0.3 is 5.32 Å². The molecule has 60 valence electrons. The molecule has 1 amide bonds. The summed E-state index contributed by atoms with van der Waals surface area (Å²) in [5.74, 6) is -0.137. The highest BCUT2D eigenvalue weighted by Crippen LogP contribution is 2.29. The quantitative estimate of drug-likeness (QED) is 0.507. The van der Waals surface area contributed by atoms with E-state index in [4.69, 9.17) is 0 Å². The zero-order valence-corrected chi connectivity index (χ0v) is 5.76. The lowest BCUT2D eigenvalue weighted by Gasteiger charge is -2.03. The van der Waals surface area contributed by atoms with Crippen LogP contribution in [0.25, 0.3) is 0 Å². The van der Waals surface area contributed by atoms with E-state index in [1.165, 1.54) is 0 Å². The molecule has 0 unspecified atom stereocenters. The maximum absolute atomic E-state index is 11.3.